The predicted octanol–water partition coefficient (Wildman–Crippen LogP) is 2.73. The van der Waals surface area contributed by atoms with Gasteiger partial charge in [-0.05, 0) is 77.0 Å². The number of phenolic OH excluding ortho intramolecular Hbond substituents is 1. The molecule has 10 atom stereocenters. The Labute approximate surface area is 385 Å². The van der Waals surface area contributed by atoms with Crippen LogP contribution in [0.3, 0.4) is 0 Å². The number of methoxy groups -OCH3 is 1. The maximum atomic E-state index is 13.6. The zero-order valence-corrected chi connectivity index (χ0v) is 37.5. The number of nitrogens with zero attached hydrogens (tertiary/aromatic N) is 1. The molecule has 4 aliphatic rings. The molecule has 362 valence electrons. The van der Waals surface area contributed by atoms with E-state index in [0.29, 0.717) is 31.2 Å². The third-order valence-corrected chi connectivity index (χ3v) is 13.7. The quantitative estimate of drug-likeness (QED) is 0.0318. The van der Waals surface area contributed by atoms with E-state index in [2.05, 4.69) is 5.32 Å². The molecular weight excluding hydrogens is 897 g/mol. The van der Waals surface area contributed by atoms with Crippen LogP contribution in [0.2, 0.25) is 0 Å². The second-order valence-electron chi connectivity index (χ2n) is 18.0. The van der Waals surface area contributed by atoms with Gasteiger partial charge in [-0.25, -0.2) is 14.4 Å². The first-order chi connectivity index (χ1) is 32.4. The molecule has 0 bridgehead atoms. The largest absolute Gasteiger partial charge is 0.506 e. The Morgan fingerprint density at radius 1 is 0.853 bits per heavy atom. The lowest BCUT2D eigenvalue weighted by Crippen LogP contribution is -2.70. The number of aliphatic hydroxyl groups is 3. The van der Waals surface area contributed by atoms with Crippen molar-refractivity contribution in [1.82, 2.24) is 10.2 Å². The first-order valence-corrected chi connectivity index (χ1v) is 22.2. The van der Waals surface area contributed by atoms with Crippen LogP contribution >= 0.6 is 0 Å². The Bertz CT molecular complexity index is 2940. The van der Waals surface area contributed by atoms with Crippen molar-refractivity contribution in [3.8, 4) is 11.5 Å². The van der Waals surface area contributed by atoms with Crippen LogP contribution in [0.1, 0.15) is 52.0 Å². The van der Waals surface area contributed by atoms with Crippen molar-refractivity contribution in [2.45, 2.75) is 114 Å². The Balaban J connectivity index is 0.952. The first kappa shape index (κ1) is 46.9. The number of aliphatic hydroxyl groups excluding tert-OH is 2. The number of carbonyl (C=O) groups excluding carboxylic acids is 4. The number of carbonyl (C=O) groups is 4. The number of hydrogen-bond donors (Lipinski definition) is 5. The molecule has 5 aromatic rings. The van der Waals surface area contributed by atoms with Gasteiger partial charge in [-0.15, -0.1) is 0 Å². The van der Waals surface area contributed by atoms with E-state index >= 15 is 0 Å². The number of hydrogen-bond acceptors (Lipinski definition) is 19. The number of fused-ring (bicyclic) bond motifs is 2. The molecule has 0 radical (unpaired) electrons. The van der Waals surface area contributed by atoms with Crippen molar-refractivity contribution in [1.29, 1.82) is 0 Å². The third-order valence-electron chi connectivity index (χ3n) is 13.7. The van der Waals surface area contributed by atoms with E-state index in [0.717, 1.165) is 0 Å². The monoisotopic (exact) mass is 946 g/mol. The smallest absolute Gasteiger partial charge is 0.410 e. The Hall–Kier alpha value is -6.20. The highest BCUT2D eigenvalue weighted by molar-refractivity contribution is 6.28. The maximum Gasteiger partial charge on any atom is 0.410 e. The van der Waals surface area contributed by atoms with E-state index in [1.165, 1.54) is 69.2 Å². The number of phenols is 1. The summed E-state index contributed by atoms with van der Waals surface area (Å²) in [5.41, 5.74) is -3.35. The number of esters is 1. The molecular formula is C47H50N2O19. The SMILES string of the molecule is CO[C@H]1[C@@H](O)[C@@H](C)O[C@H](O[C@H]2[C@H](Oc3cccc4c(O)c5c(=O)oc6ccc(C)c7c(=O)oc(c34)c5c67)O[C@H](C)[C@H](O)[C@]2(C)O)[C@@H]1NC(=O)OCOC(=O)C1CCC(CN2C(=O)C=CC2=O)CC1. The number of aromatic hydroxyl groups is 1. The highest BCUT2D eigenvalue weighted by atomic mass is 16.8. The number of nitrogens with one attached hydrogen (secondary N) is 1. The summed E-state index contributed by atoms with van der Waals surface area (Å²) < 4.78 is 52.6. The van der Waals surface area contributed by atoms with E-state index in [1.807, 2.05) is 0 Å². The van der Waals surface area contributed by atoms with Crippen molar-refractivity contribution in [2.75, 3.05) is 20.4 Å². The van der Waals surface area contributed by atoms with Crippen LogP contribution in [-0.4, -0.2) is 130 Å². The highest BCUT2D eigenvalue weighted by Crippen LogP contribution is 2.46. The summed E-state index contributed by atoms with van der Waals surface area (Å²) >= 11 is 0. The maximum absolute atomic E-state index is 13.6. The molecule has 3 aromatic carbocycles. The number of aryl methyl sites for hydroxylation is 1. The third kappa shape index (κ3) is 8.10. The molecule has 3 amide bonds. The van der Waals surface area contributed by atoms with Crippen LogP contribution in [0, 0.1) is 18.8 Å². The van der Waals surface area contributed by atoms with Crippen LogP contribution in [0.25, 0.3) is 43.5 Å². The summed E-state index contributed by atoms with van der Waals surface area (Å²) in [7, 11) is 1.27. The van der Waals surface area contributed by atoms with Crippen molar-refractivity contribution in [3.05, 3.63) is 68.9 Å². The average molecular weight is 947 g/mol. The second-order valence-corrected chi connectivity index (χ2v) is 18.0. The van der Waals surface area contributed by atoms with E-state index in [9.17, 15) is 49.2 Å². The van der Waals surface area contributed by atoms with E-state index in [-0.39, 0.29) is 73.5 Å². The minimum Gasteiger partial charge on any atom is -0.506 e. The summed E-state index contributed by atoms with van der Waals surface area (Å²) in [5, 5.41) is 49.0. The molecule has 1 aliphatic carbocycles. The molecule has 5 N–H and O–H groups in total. The van der Waals surface area contributed by atoms with E-state index in [4.69, 9.17) is 42.0 Å². The second kappa shape index (κ2) is 18.0. The number of ether oxygens (including phenoxy) is 7. The van der Waals surface area contributed by atoms with Gasteiger partial charge in [0.2, 0.25) is 13.1 Å². The number of rotatable bonds is 11. The summed E-state index contributed by atoms with van der Waals surface area (Å²) in [6.07, 6.45) is -7.89. The zero-order chi connectivity index (χ0) is 48.5. The lowest BCUT2D eigenvalue weighted by molar-refractivity contribution is -0.357. The minimum atomic E-state index is -2.20. The van der Waals surface area contributed by atoms with Crippen molar-refractivity contribution >= 4 is 67.4 Å². The number of amides is 3. The highest BCUT2D eigenvalue weighted by Gasteiger charge is 2.57. The van der Waals surface area contributed by atoms with Crippen LogP contribution in [0.4, 0.5) is 4.79 Å². The predicted molar refractivity (Wildman–Crippen MR) is 234 cm³/mol. The van der Waals surface area contributed by atoms with Gasteiger partial charge in [0.05, 0.1) is 28.9 Å². The molecule has 68 heavy (non-hydrogen) atoms. The Morgan fingerprint density at radius 2 is 1.54 bits per heavy atom. The van der Waals surface area contributed by atoms with Gasteiger partial charge in [0.15, 0.2) is 18.0 Å². The number of imide groups is 1. The van der Waals surface area contributed by atoms with Gasteiger partial charge in [0.1, 0.15) is 52.4 Å². The molecule has 21 heteroatoms. The van der Waals surface area contributed by atoms with Gasteiger partial charge in [0, 0.05) is 42.0 Å². The van der Waals surface area contributed by atoms with E-state index < -0.39 is 103 Å². The lowest BCUT2D eigenvalue weighted by Gasteiger charge is -2.50. The summed E-state index contributed by atoms with van der Waals surface area (Å²) in [6, 6.07) is 6.15. The zero-order valence-electron chi connectivity index (χ0n) is 37.5. The average Bonchev–Trinajstić information content (AvgIpc) is 3.62. The minimum absolute atomic E-state index is 0.0217. The van der Waals surface area contributed by atoms with Crippen molar-refractivity contribution < 1.29 is 81.6 Å². The fourth-order valence-electron chi connectivity index (χ4n) is 9.96. The van der Waals surface area contributed by atoms with Gasteiger partial charge in [-0.1, -0.05) is 18.2 Å². The topological polar surface area (TPSA) is 289 Å². The fourth-order valence-corrected chi connectivity index (χ4v) is 9.96. The molecule has 2 aromatic heterocycles. The lowest BCUT2D eigenvalue weighted by atomic mass is 9.82. The van der Waals surface area contributed by atoms with Crippen LogP contribution < -0.4 is 21.3 Å². The molecule has 2 saturated heterocycles. The molecule has 5 heterocycles. The van der Waals surface area contributed by atoms with Gasteiger partial charge in [-0.3, -0.25) is 19.3 Å². The standard InChI is InChI=1S/C47H50N2O19/c1-19-9-14-26-31-29(19)42(56)67-37-30-24(36(53)33(32(31)37)43(57)65-26)7-6-8-25(30)66-45-40(47(4,59)39(54)21(3)64-45)68-44-34(38(60-5)35(52)20(2)63-44)48-46(58)62-18-61-41(55)23-12-10-22(11-13-23)17-49-27(50)15-16-28(49)51/h6-9,14-16,20-23,34-35,38-40,44-45,52-54,59H,10-13,17-18H2,1-5H3,(H,48,58)/t20-,21-,22?,23?,34-,35+,38-,39+,40+,44-,45+,47+/m1/s1. The molecule has 21 nitrogen and oxygen atoms in total. The van der Waals surface area contributed by atoms with Gasteiger partial charge in [-0.2, -0.15) is 0 Å². The molecule has 1 saturated carbocycles. The van der Waals surface area contributed by atoms with Crippen LogP contribution in [0.15, 0.2) is 60.9 Å². The van der Waals surface area contributed by atoms with Crippen molar-refractivity contribution in [3.63, 3.8) is 0 Å². The van der Waals surface area contributed by atoms with Crippen LogP contribution in [0.5, 0.6) is 11.5 Å². The molecule has 9 rings (SSSR count). The Morgan fingerprint density at radius 3 is 2.25 bits per heavy atom. The normalized spacial score (nSPS) is 31.0. The summed E-state index contributed by atoms with van der Waals surface area (Å²) in [4.78, 5) is 78.4. The van der Waals surface area contributed by atoms with Crippen molar-refractivity contribution in [2.24, 2.45) is 11.8 Å². The molecule has 0 spiro atoms. The summed E-state index contributed by atoms with van der Waals surface area (Å²) in [6.45, 7) is 5.40. The van der Waals surface area contributed by atoms with Crippen LogP contribution in [-0.2, 0) is 42.8 Å². The van der Waals surface area contributed by atoms with Gasteiger partial charge < -0.3 is 67.7 Å². The fraction of sp³-hybridized carbons (Fsp3) is 0.489. The summed E-state index contributed by atoms with van der Waals surface area (Å²) in [5.74, 6) is -2.39. The first-order valence-electron chi connectivity index (χ1n) is 22.2. The molecule has 3 fully saturated rings. The molecule has 3 aliphatic heterocycles. The number of alkyl carbamates (subject to hydrolysis) is 1. The molecule has 0 unspecified atom stereocenters. The van der Waals surface area contributed by atoms with E-state index in [1.54, 1.807) is 13.0 Å². The van der Waals surface area contributed by atoms with Gasteiger partial charge >= 0.3 is 23.3 Å². The van der Waals surface area contributed by atoms with Gasteiger partial charge in [0.25, 0.3) is 11.8 Å². The Kier molecular flexibility index (Phi) is 12.4. The number of benzene rings is 3.